The van der Waals surface area contributed by atoms with Gasteiger partial charge in [-0.25, -0.2) is 4.79 Å². The van der Waals surface area contributed by atoms with Crippen LogP contribution in [0.2, 0.25) is 0 Å². The minimum atomic E-state index is -0.487. The quantitative estimate of drug-likeness (QED) is 0.833. The highest BCUT2D eigenvalue weighted by molar-refractivity contribution is 5.68. The third-order valence-corrected chi connectivity index (χ3v) is 4.51. The number of nitrogens with zero attached hydrogens (tertiary/aromatic N) is 4. The molecule has 2 aliphatic rings. The minimum absolute atomic E-state index is 0.0474. The zero-order valence-electron chi connectivity index (χ0n) is 14.4. The molecule has 1 amide bonds. The summed E-state index contributed by atoms with van der Waals surface area (Å²) in [7, 11) is 2.02. The molecule has 2 fully saturated rings. The molecule has 7 nitrogen and oxygen atoms in total. The van der Waals surface area contributed by atoms with E-state index in [1.165, 1.54) is 6.42 Å². The highest BCUT2D eigenvalue weighted by Gasteiger charge is 2.34. The molecule has 1 saturated heterocycles. The van der Waals surface area contributed by atoms with Gasteiger partial charge in [-0.2, -0.15) is 4.98 Å². The Hall–Kier alpha value is -1.63. The Morgan fingerprint density at radius 1 is 1.30 bits per heavy atom. The summed E-state index contributed by atoms with van der Waals surface area (Å²) in [6.45, 7) is 7.56. The second-order valence-corrected chi connectivity index (χ2v) is 7.54. The minimum Gasteiger partial charge on any atom is -0.444 e. The van der Waals surface area contributed by atoms with Crippen LogP contribution in [0.15, 0.2) is 4.52 Å². The van der Waals surface area contributed by atoms with Crippen LogP contribution in [0.1, 0.15) is 63.7 Å². The molecule has 0 spiro atoms. The molecule has 1 atom stereocenters. The summed E-state index contributed by atoms with van der Waals surface area (Å²) in [6.07, 6.45) is 3.22. The molecular formula is C16H26N4O3. The molecule has 0 radical (unpaired) electrons. The maximum Gasteiger partial charge on any atom is 0.410 e. The summed E-state index contributed by atoms with van der Waals surface area (Å²) >= 11 is 0. The van der Waals surface area contributed by atoms with E-state index in [0.29, 0.717) is 24.8 Å². The van der Waals surface area contributed by atoms with E-state index in [4.69, 9.17) is 9.26 Å². The van der Waals surface area contributed by atoms with E-state index in [9.17, 15) is 4.79 Å². The van der Waals surface area contributed by atoms with Gasteiger partial charge in [0.25, 0.3) is 0 Å². The van der Waals surface area contributed by atoms with Gasteiger partial charge in [0, 0.05) is 25.6 Å². The van der Waals surface area contributed by atoms with Crippen LogP contribution in [0.4, 0.5) is 4.79 Å². The molecule has 3 rings (SSSR count). The first-order valence-electron chi connectivity index (χ1n) is 8.35. The van der Waals surface area contributed by atoms with Crippen molar-refractivity contribution >= 4 is 6.09 Å². The molecule has 1 unspecified atom stereocenters. The normalized spacial score (nSPS) is 23.7. The fourth-order valence-electron chi connectivity index (χ4n) is 2.85. The third-order valence-electron chi connectivity index (χ3n) is 4.51. The molecule has 0 bridgehead atoms. The predicted molar refractivity (Wildman–Crippen MR) is 84.1 cm³/mol. The molecule has 128 valence electrons. The Morgan fingerprint density at radius 2 is 2.04 bits per heavy atom. The van der Waals surface area contributed by atoms with Gasteiger partial charge in [-0.05, 0) is 40.7 Å². The molecule has 2 heterocycles. The fourth-order valence-corrected chi connectivity index (χ4v) is 2.85. The lowest BCUT2D eigenvalue weighted by Crippen LogP contribution is -2.50. The summed E-state index contributed by atoms with van der Waals surface area (Å²) in [6, 6.07) is -0.0474. The monoisotopic (exact) mass is 322 g/mol. The van der Waals surface area contributed by atoms with E-state index in [-0.39, 0.29) is 12.1 Å². The molecule has 1 saturated carbocycles. The van der Waals surface area contributed by atoms with Crippen molar-refractivity contribution in [2.45, 2.75) is 57.6 Å². The summed E-state index contributed by atoms with van der Waals surface area (Å²) in [5.74, 6) is 1.84. The molecule has 0 aromatic carbocycles. The summed E-state index contributed by atoms with van der Waals surface area (Å²) in [5.41, 5.74) is -0.487. The number of rotatable bonds is 2. The van der Waals surface area contributed by atoms with Crippen molar-refractivity contribution in [3.8, 4) is 0 Å². The Kier molecular flexibility index (Phi) is 4.31. The first-order valence-corrected chi connectivity index (χ1v) is 8.35. The van der Waals surface area contributed by atoms with Gasteiger partial charge >= 0.3 is 6.09 Å². The lowest BCUT2D eigenvalue weighted by atomic mass is 9.85. The smallest absolute Gasteiger partial charge is 0.410 e. The lowest BCUT2D eigenvalue weighted by molar-refractivity contribution is 0.00633. The van der Waals surface area contributed by atoms with Crippen LogP contribution < -0.4 is 0 Å². The fraction of sp³-hybridized carbons (Fsp3) is 0.812. The van der Waals surface area contributed by atoms with Crippen molar-refractivity contribution in [2.75, 3.05) is 26.7 Å². The number of carbonyl (C=O) groups excluding carboxylic acids is 1. The number of piperazine rings is 1. The van der Waals surface area contributed by atoms with Gasteiger partial charge < -0.3 is 14.2 Å². The number of ether oxygens (including phenoxy) is 1. The maximum absolute atomic E-state index is 12.3. The van der Waals surface area contributed by atoms with E-state index in [0.717, 1.165) is 25.3 Å². The highest BCUT2D eigenvalue weighted by Crippen LogP contribution is 2.36. The number of hydrogen-bond acceptors (Lipinski definition) is 6. The molecule has 1 aromatic heterocycles. The second kappa shape index (κ2) is 6.11. The predicted octanol–water partition coefficient (Wildman–Crippen LogP) is 2.56. The van der Waals surface area contributed by atoms with E-state index in [1.807, 2.05) is 27.8 Å². The summed E-state index contributed by atoms with van der Waals surface area (Å²) in [4.78, 5) is 20.8. The third kappa shape index (κ3) is 3.65. The van der Waals surface area contributed by atoms with Crippen LogP contribution >= 0.6 is 0 Å². The van der Waals surface area contributed by atoms with E-state index in [1.54, 1.807) is 4.90 Å². The zero-order chi connectivity index (χ0) is 16.6. The van der Waals surface area contributed by atoms with Gasteiger partial charge in [0.05, 0.1) is 6.04 Å². The van der Waals surface area contributed by atoms with Gasteiger partial charge in [-0.15, -0.1) is 0 Å². The molecule has 1 aliphatic carbocycles. The van der Waals surface area contributed by atoms with Crippen molar-refractivity contribution in [3.63, 3.8) is 0 Å². The SMILES string of the molecule is CN1CCN(C(=O)OC(C)(C)C)CC1c1noc(C2CCC2)n1. The Morgan fingerprint density at radius 3 is 2.65 bits per heavy atom. The van der Waals surface area contributed by atoms with Crippen LogP contribution in [0, 0.1) is 0 Å². The standard InChI is InChI=1S/C16H26N4O3/c1-16(2,3)22-15(21)20-9-8-19(4)12(10-20)13-17-14(23-18-13)11-6-5-7-11/h11-12H,5-10H2,1-4H3. The molecule has 1 aliphatic heterocycles. The Bertz CT molecular complexity index is 562. The van der Waals surface area contributed by atoms with Crippen LogP contribution in [0.5, 0.6) is 0 Å². The molecule has 1 aromatic rings. The van der Waals surface area contributed by atoms with Gasteiger partial charge in [0.15, 0.2) is 5.82 Å². The summed E-state index contributed by atoms with van der Waals surface area (Å²) < 4.78 is 10.9. The van der Waals surface area contributed by atoms with Crippen LogP contribution in [-0.4, -0.2) is 58.3 Å². The molecular weight excluding hydrogens is 296 g/mol. The van der Waals surface area contributed by atoms with E-state index >= 15 is 0 Å². The highest BCUT2D eigenvalue weighted by atomic mass is 16.6. The van der Waals surface area contributed by atoms with Gasteiger partial charge in [0.2, 0.25) is 5.89 Å². The van der Waals surface area contributed by atoms with Crippen molar-refractivity contribution in [1.29, 1.82) is 0 Å². The van der Waals surface area contributed by atoms with E-state index < -0.39 is 5.60 Å². The maximum atomic E-state index is 12.3. The molecule has 7 heteroatoms. The second-order valence-electron chi connectivity index (χ2n) is 7.54. The van der Waals surface area contributed by atoms with Gasteiger partial charge in [-0.3, -0.25) is 4.90 Å². The topological polar surface area (TPSA) is 71.7 Å². The van der Waals surface area contributed by atoms with Crippen molar-refractivity contribution in [2.24, 2.45) is 0 Å². The average Bonchev–Trinajstić information content (AvgIpc) is 2.84. The zero-order valence-corrected chi connectivity index (χ0v) is 14.4. The average molecular weight is 322 g/mol. The van der Waals surface area contributed by atoms with Gasteiger partial charge in [-0.1, -0.05) is 11.6 Å². The molecule has 0 N–H and O–H groups in total. The first kappa shape index (κ1) is 16.2. The van der Waals surface area contributed by atoms with Crippen molar-refractivity contribution < 1.29 is 14.1 Å². The number of amides is 1. The van der Waals surface area contributed by atoms with Crippen molar-refractivity contribution in [3.05, 3.63) is 11.7 Å². The van der Waals surface area contributed by atoms with Gasteiger partial charge in [0.1, 0.15) is 5.60 Å². The number of hydrogen-bond donors (Lipinski definition) is 0. The first-order chi connectivity index (χ1) is 10.8. The van der Waals surface area contributed by atoms with Crippen LogP contribution in [0.25, 0.3) is 0 Å². The largest absolute Gasteiger partial charge is 0.444 e. The number of likely N-dealkylation sites (N-methyl/N-ethyl adjacent to an activating group) is 1. The molecule has 23 heavy (non-hydrogen) atoms. The Labute approximate surface area is 137 Å². The van der Waals surface area contributed by atoms with Crippen molar-refractivity contribution in [1.82, 2.24) is 19.9 Å². The lowest BCUT2D eigenvalue weighted by Gasteiger charge is -2.38. The number of aromatic nitrogens is 2. The summed E-state index contributed by atoms with van der Waals surface area (Å²) in [5, 5.41) is 4.15. The number of carbonyl (C=O) groups is 1. The van der Waals surface area contributed by atoms with E-state index in [2.05, 4.69) is 15.0 Å². The van der Waals surface area contributed by atoms with Crippen LogP contribution in [0.3, 0.4) is 0 Å². The Balaban J connectivity index is 1.68. The van der Waals surface area contributed by atoms with Crippen LogP contribution in [-0.2, 0) is 4.74 Å².